The monoisotopic (exact) mass is 245 g/mol. The van der Waals surface area contributed by atoms with Crippen LogP contribution in [-0.4, -0.2) is 66.1 Å². The van der Waals surface area contributed by atoms with Gasteiger partial charge in [-0.3, -0.25) is 0 Å². The largest absolute Gasteiger partial charge is 0.475 e. The lowest BCUT2D eigenvalue weighted by atomic mass is 10.1. The third kappa shape index (κ3) is 2.00. The molecule has 0 bridgehead atoms. The summed E-state index contributed by atoms with van der Waals surface area (Å²) in [7, 11) is 0. The van der Waals surface area contributed by atoms with E-state index in [2.05, 4.69) is 10.1 Å². The predicted molar refractivity (Wildman–Crippen MR) is 50.0 cm³/mol. The van der Waals surface area contributed by atoms with Gasteiger partial charge in [0.05, 0.1) is 6.61 Å². The summed E-state index contributed by atoms with van der Waals surface area (Å²) in [6, 6.07) is 0. The number of aromatic nitrogens is 3. The fourth-order valence-electron chi connectivity index (χ4n) is 1.59. The molecule has 1 fully saturated rings. The first-order valence-corrected chi connectivity index (χ1v) is 4.81. The Morgan fingerprint density at radius 2 is 2.18 bits per heavy atom. The van der Waals surface area contributed by atoms with Crippen LogP contribution in [0.5, 0.6) is 0 Å². The number of aromatic carboxylic acids is 1. The lowest BCUT2D eigenvalue weighted by Gasteiger charge is -2.13. The van der Waals surface area contributed by atoms with Gasteiger partial charge in [-0.1, -0.05) is 0 Å². The number of aliphatic hydroxyl groups is 3. The Morgan fingerprint density at radius 1 is 1.47 bits per heavy atom. The van der Waals surface area contributed by atoms with E-state index in [1.807, 2.05) is 0 Å². The maximum Gasteiger partial charge on any atom is 0.375 e. The fourth-order valence-corrected chi connectivity index (χ4v) is 1.59. The van der Waals surface area contributed by atoms with Crippen LogP contribution in [0.15, 0.2) is 6.33 Å². The van der Waals surface area contributed by atoms with E-state index in [4.69, 9.17) is 14.9 Å². The number of rotatable bonds is 3. The van der Waals surface area contributed by atoms with Gasteiger partial charge in [0.2, 0.25) is 0 Å². The second-order valence-corrected chi connectivity index (χ2v) is 3.58. The van der Waals surface area contributed by atoms with Crippen LogP contribution in [-0.2, 0) is 4.74 Å². The molecule has 9 nitrogen and oxygen atoms in total. The normalized spacial score (nSPS) is 32.9. The van der Waals surface area contributed by atoms with Crippen LogP contribution in [0.25, 0.3) is 0 Å². The van der Waals surface area contributed by atoms with Gasteiger partial charge in [-0.25, -0.2) is 14.5 Å². The van der Waals surface area contributed by atoms with Gasteiger partial charge in [0.15, 0.2) is 6.23 Å². The molecular formula is C8H11N3O6. The van der Waals surface area contributed by atoms with Crippen LogP contribution < -0.4 is 0 Å². The molecule has 1 aromatic heterocycles. The van der Waals surface area contributed by atoms with Crippen molar-refractivity contribution in [1.82, 2.24) is 14.8 Å². The van der Waals surface area contributed by atoms with Gasteiger partial charge in [0.1, 0.15) is 24.6 Å². The first-order chi connectivity index (χ1) is 8.04. The Morgan fingerprint density at radius 3 is 2.65 bits per heavy atom. The number of hydrogen-bond donors (Lipinski definition) is 4. The van der Waals surface area contributed by atoms with E-state index in [1.165, 1.54) is 0 Å². The third-order valence-electron chi connectivity index (χ3n) is 2.48. The Balaban J connectivity index is 2.19. The van der Waals surface area contributed by atoms with Crippen molar-refractivity contribution in [3.05, 3.63) is 12.2 Å². The smallest absolute Gasteiger partial charge is 0.375 e. The molecule has 17 heavy (non-hydrogen) atoms. The topological polar surface area (TPSA) is 138 Å². The van der Waals surface area contributed by atoms with E-state index >= 15 is 0 Å². The van der Waals surface area contributed by atoms with Crippen molar-refractivity contribution >= 4 is 5.97 Å². The minimum atomic E-state index is -1.31. The zero-order valence-electron chi connectivity index (χ0n) is 8.54. The highest BCUT2D eigenvalue weighted by Crippen LogP contribution is 2.28. The summed E-state index contributed by atoms with van der Waals surface area (Å²) in [4.78, 5) is 14.1. The molecule has 0 spiro atoms. The molecule has 2 rings (SSSR count). The molecule has 0 aromatic carbocycles. The van der Waals surface area contributed by atoms with E-state index in [0.717, 1.165) is 11.0 Å². The molecule has 2 heterocycles. The van der Waals surface area contributed by atoms with Crippen molar-refractivity contribution in [3.8, 4) is 0 Å². The van der Waals surface area contributed by atoms with E-state index in [0.29, 0.717) is 0 Å². The summed E-state index contributed by atoms with van der Waals surface area (Å²) < 4.78 is 6.12. The Hall–Kier alpha value is -1.55. The average molecular weight is 245 g/mol. The Labute approximate surface area is 94.9 Å². The molecule has 0 radical (unpaired) electrons. The molecule has 0 amide bonds. The number of aliphatic hydroxyl groups excluding tert-OH is 3. The molecule has 4 atom stereocenters. The van der Waals surface area contributed by atoms with Crippen LogP contribution in [0.4, 0.5) is 0 Å². The minimum Gasteiger partial charge on any atom is -0.475 e. The van der Waals surface area contributed by atoms with Crippen molar-refractivity contribution in [2.75, 3.05) is 6.61 Å². The van der Waals surface area contributed by atoms with Crippen LogP contribution in [0.3, 0.4) is 0 Å². The average Bonchev–Trinajstić information content (AvgIpc) is 2.87. The first-order valence-electron chi connectivity index (χ1n) is 4.81. The molecule has 4 N–H and O–H groups in total. The standard InChI is InChI=1S/C8H11N3O6/c12-1-3-4(13)5(14)7(17-3)11-2-9-6(10-11)8(15)16/h2-5,7,12-14H,1H2,(H,15,16)/t3-,4-,5-,7-/m0/s1. The number of nitrogens with zero attached hydrogens (tertiary/aromatic N) is 3. The van der Waals surface area contributed by atoms with E-state index < -0.39 is 42.9 Å². The van der Waals surface area contributed by atoms with Crippen molar-refractivity contribution in [1.29, 1.82) is 0 Å². The second kappa shape index (κ2) is 4.37. The highest BCUT2D eigenvalue weighted by Gasteiger charge is 2.44. The molecule has 0 aliphatic carbocycles. The molecule has 9 heteroatoms. The predicted octanol–water partition coefficient (Wildman–Crippen LogP) is -2.41. The number of carboxylic acids is 1. The summed E-state index contributed by atoms with van der Waals surface area (Å²) in [5, 5.41) is 40.2. The van der Waals surface area contributed by atoms with E-state index in [-0.39, 0.29) is 0 Å². The van der Waals surface area contributed by atoms with Gasteiger partial charge >= 0.3 is 5.97 Å². The summed E-state index contributed by atoms with van der Waals surface area (Å²) in [6.07, 6.45) is -3.50. The fraction of sp³-hybridized carbons (Fsp3) is 0.625. The number of ether oxygens (including phenoxy) is 1. The highest BCUT2D eigenvalue weighted by molar-refractivity contribution is 5.82. The van der Waals surface area contributed by atoms with Crippen LogP contribution >= 0.6 is 0 Å². The molecule has 1 aliphatic heterocycles. The molecular weight excluding hydrogens is 234 g/mol. The van der Waals surface area contributed by atoms with Crippen LogP contribution in [0.2, 0.25) is 0 Å². The quantitative estimate of drug-likeness (QED) is 0.462. The zero-order valence-corrected chi connectivity index (χ0v) is 8.54. The molecule has 0 unspecified atom stereocenters. The summed E-state index contributed by atoms with van der Waals surface area (Å²) in [5.41, 5.74) is 0. The maximum absolute atomic E-state index is 10.6. The second-order valence-electron chi connectivity index (χ2n) is 3.58. The SMILES string of the molecule is O=C(O)c1ncn([C@H]2O[C@@H](CO)[C@H](O)[C@@H]2O)n1. The Kier molecular flexibility index (Phi) is 3.07. The Bertz CT molecular complexity index is 421. The first kappa shape index (κ1) is 11.9. The number of carboxylic acid groups (broad SMARTS) is 1. The number of hydrogen-bond acceptors (Lipinski definition) is 7. The van der Waals surface area contributed by atoms with Crippen molar-refractivity contribution in [3.63, 3.8) is 0 Å². The van der Waals surface area contributed by atoms with Gasteiger partial charge < -0.3 is 25.2 Å². The third-order valence-corrected chi connectivity index (χ3v) is 2.48. The summed E-state index contributed by atoms with van der Waals surface area (Å²) in [6.45, 7) is -0.463. The molecule has 0 saturated carbocycles. The van der Waals surface area contributed by atoms with Crippen molar-refractivity contribution < 1.29 is 30.0 Å². The van der Waals surface area contributed by atoms with Gasteiger partial charge in [-0.05, 0) is 0 Å². The van der Waals surface area contributed by atoms with Gasteiger partial charge in [-0.2, -0.15) is 0 Å². The summed E-state index contributed by atoms with van der Waals surface area (Å²) in [5.74, 6) is -1.75. The van der Waals surface area contributed by atoms with E-state index in [9.17, 15) is 15.0 Å². The van der Waals surface area contributed by atoms with Gasteiger partial charge in [0, 0.05) is 0 Å². The summed E-state index contributed by atoms with van der Waals surface area (Å²) >= 11 is 0. The van der Waals surface area contributed by atoms with Crippen LogP contribution in [0, 0.1) is 0 Å². The van der Waals surface area contributed by atoms with Crippen molar-refractivity contribution in [2.45, 2.75) is 24.5 Å². The molecule has 1 aliphatic rings. The molecule has 1 saturated heterocycles. The number of carbonyl (C=O) groups is 1. The minimum absolute atomic E-state index is 0.442. The lowest BCUT2D eigenvalue weighted by molar-refractivity contribution is -0.0589. The highest BCUT2D eigenvalue weighted by atomic mass is 16.6. The lowest BCUT2D eigenvalue weighted by Crippen LogP contribution is -2.33. The van der Waals surface area contributed by atoms with Gasteiger partial charge in [0.25, 0.3) is 5.82 Å². The zero-order chi connectivity index (χ0) is 12.6. The molecule has 1 aromatic rings. The maximum atomic E-state index is 10.6. The van der Waals surface area contributed by atoms with Crippen molar-refractivity contribution in [2.24, 2.45) is 0 Å². The van der Waals surface area contributed by atoms with Crippen LogP contribution in [0.1, 0.15) is 16.8 Å². The van der Waals surface area contributed by atoms with Gasteiger partial charge in [-0.15, -0.1) is 5.10 Å². The molecule has 94 valence electrons. The van der Waals surface area contributed by atoms with E-state index in [1.54, 1.807) is 0 Å².